The van der Waals surface area contributed by atoms with Gasteiger partial charge in [-0.1, -0.05) is 67.6 Å². The van der Waals surface area contributed by atoms with Crippen LogP contribution in [0.3, 0.4) is 0 Å². The summed E-state index contributed by atoms with van der Waals surface area (Å²) >= 11 is 0. The van der Waals surface area contributed by atoms with Gasteiger partial charge in [-0.3, -0.25) is 19.4 Å². The third-order valence-electron chi connectivity index (χ3n) is 8.45. The summed E-state index contributed by atoms with van der Waals surface area (Å²) < 4.78 is 5.55. The molecule has 0 bridgehead atoms. The second kappa shape index (κ2) is 10.4. The molecule has 3 aromatic carbocycles. The SMILES string of the molecule is CCc1ccccc1CN1CCN(C2(c3cccc(N4CCOCC4)c3)C(=O)c3ccccc3C2=O)CC1. The van der Waals surface area contributed by atoms with Gasteiger partial charge in [-0.25, -0.2) is 0 Å². The van der Waals surface area contributed by atoms with E-state index in [1.807, 2.05) is 24.3 Å². The van der Waals surface area contributed by atoms with Crippen molar-refractivity contribution in [1.82, 2.24) is 9.80 Å². The standard InChI is InChI=1S/C32H35N3O3/c1-2-24-8-3-4-9-25(24)23-33-14-16-35(17-15-33)32(30(36)28-12-5-6-13-29(28)31(32)37)26-10-7-11-27(22-26)34-18-20-38-21-19-34/h3-13,22H,2,14-21,23H2,1H3. The summed E-state index contributed by atoms with van der Waals surface area (Å²) in [5.41, 5.74) is 4.30. The van der Waals surface area contributed by atoms with E-state index >= 15 is 0 Å². The van der Waals surface area contributed by atoms with E-state index in [0.29, 0.717) is 37.4 Å². The van der Waals surface area contributed by atoms with Crippen LogP contribution >= 0.6 is 0 Å². The van der Waals surface area contributed by atoms with Gasteiger partial charge in [0.1, 0.15) is 0 Å². The number of ether oxygens (including phenoxy) is 1. The van der Waals surface area contributed by atoms with Crippen LogP contribution in [0.25, 0.3) is 0 Å². The van der Waals surface area contributed by atoms with E-state index in [2.05, 4.69) is 58.0 Å². The molecule has 3 aromatic rings. The zero-order valence-electron chi connectivity index (χ0n) is 22.1. The molecule has 6 rings (SSSR count). The van der Waals surface area contributed by atoms with Crippen molar-refractivity contribution in [2.45, 2.75) is 25.4 Å². The van der Waals surface area contributed by atoms with Crippen LogP contribution in [-0.2, 0) is 23.2 Å². The average molecular weight is 510 g/mol. The zero-order chi connectivity index (χ0) is 26.1. The fraction of sp³-hybridized carbons (Fsp3) is 0.375. The largest absolute Gasteiger partial charge is 0.378 e. The van der Waals surface area contributed by atoms with Gasteiger partial charge in [0.2, 0.25) is 0 Å². The highest BCUT2D eigenvalue weighted by molar-refractivity contribution is 6.32. The van der Waals surface area contributed by atoms with Gasteiger partial charge in [0.05, 0.1) is 13.2 Å². The Morgan fingerprint density at radius 1 is 0.737 bits per heavy atom. The molecule has 0 amide bonds. The lowest BCUT2D eigenvalue weighted by atomic mass is 9.82. The number of aryl methyl sites for hydroxylation is 1. The first-order chi connectivity index (χ1) is 18.6. The lowest BCUT2D eigenvalue weighted by molar-refractivity contribution is 0.0279. The molecule has 1 aliphatic carbocycles. The third-order valence-corrected chi connectivity index (χ3v) is 8.45. The highest BCUT2D eigenvalue weighted by Gasteiger charge is 2.58. The Morgan fingerprint density at radius 3 is 2.03 bits per heavy atom. The van der Waals surface area contributed by atoms with Crippen LogP contribution in [0.2, 0.25) is 0 Å². The van der Waals surface area contributed by atoms with Gasteiger partial charge in [-0.15, -0.1) is 0 Å². The first-order valence-electron chi connectivity index (χ1n) is 13.8. The molecule has 0 N–H and O–H groups in total. The number of piperazine rings is 1. The Labute approximate surface area is 224 Å². The van der Waals surface area contributed by atoms with E-state index in [1.165, 1.54) is 11.1 Å². The summed E-state index contributed by atoms with van der Waals surface area (Å²) in [4.78, 5) is 35.4. The second-order valence-electron chi connectivity index (χ2n) is 10.4. The first-order valence-corrected chi connectivity index (χ1v) is 13.8. The van der Waals surface area contributed by atoms with Crippen LogP contribution in [0.4, 0.5) is 5.69 Å². The molecule has 6 heteroatoms. The molecule has 196 valence electrons. The maximum atomic E-state index is 14.3. The number of hydrogen-bond acceptors (Lipinski definition) is 6. The Balaban J connectivity index is 1.33. The third kappa shape index (κ3) is 4.17. The number of morpholine rings is 1. The highest BCUT2D eigenvalue weighted by atomic mass is 16.5. The van der Waals surface area contributed by atoms with E-state index in [-0.39, 0.29) is 11.6 Å². The number of rotatable bonds is 6. The molecule has 2 aliphatic heterocycles. The topological polar surface area (TPSA) is 53.1 Å². The number of nitrogens with zero attached hydrogens (tertiary/aromatic N) is 3. The molecule has 38 heavy (non-hydrogen) atoms. The van der Waals surface area contributed by atoms with E-state index < -0.39 is 5.54 Å². The summed E-state index contributed by atoms with van der Waals surface area (Å²) in [7, 11) is 0. The van der Waals surface area contributed by atoms with Crippen molar-refractivity contribution in [1.29, 1.82) is 0 Å². The lowest BCUT2D eigenvalue weighted by Crippen LogP contribution is -2.60. The van der Waals surface area contributed by atoms with E-state index in [4.69, 9.17) is 4.74 Å². The van der Waals surface area contributed by atoms with Crippen LogP contribution in [-0.4, -0.2) is 73.8 Å². The zero-order valence-corrected chi connectivity index (χ0v) is 22.1. The molecule has 0 saturated carbocycles. The number of hydrogen-bond donors (Lipinski definition) is 0. The van der Waals surface area contributed by atoms with Crippen molar-refractivity contribution in [3.8, 4) is 0 Å². The van der Waals surface area contributed by atoms with Crippen molar-refractivity contribution in [3.05, 3.63) is 101 Å². The summed E-state index contributed by atoms with van der Waals surface area (Å²) in [5.74, 6) is -0.191. The van der Waals surface area contributed by atoms with Crippen molar-refractivity contribution >= 4 is 17.3 Å². The molecule has 2 heterocycles. The Hall–Kier alpha value is -3.32. The van der Waals surface area contributed by atoms with Crippen molar-refractivity contribution in [2.75, 3.05) is 57.4 Å². The van der Waals surface area contributed by atoms with Crippen LogP contribution < -0.4 is 4.90 Å². The monoisotopic (exact) mass is 509 g/mol. The summed E-state index contributed by atoms with van der Waals surface area (Å²) in [6, 6.07) is 24.0. The van der Waals surface area contributed by atoms with Crippen LogP contribution in [0.15, 0.2) is 72.8 Å². The average Bonchev–Trinajstić information content (AvgIpc) is 3.21. The van der Waals surface area contributed by atoms with Gasteiger partial charge < -0.3 is 9.64 Å². The predicted octanol–water partition coefficient (Wildman–Crippen LogP) is 4.18. The molecule has 2 fully saturated rings. The summed E-state index contributed by atoms with van der Waals surface area (Å²) in [6.45, 7) is 8.97. The van der Waals surface area contributed by atoms with Gasteiger partial charge in [-0.05, 0) is 35.2 Å². The molecule has 2 saturated heterocycles. The van der Waals surface area contributed by atoms with Crippen molar-refractivity contribution < 1.29 is 14.3 Å². The maximum absolute atomic E-state index is 14.3. The van der Waals surface area contributed by atoms with E-state index in [0.717, 1.165) is 50.4 Å². The lowest BCUT2D eigenvalue weighted by Gasteiger charge is -2.44. The minimum Gasteiger partial charge on any atom is -0.378 e. The fourth-order valence-corrected chi connectivity index (χ4v) is 6.39. The first kappa shape index (κ1) is 25.0. The van der Waals surface area contributed by atoms with Crippen molar-refractivity contribution in [2.24, 2.45) is 0 Å². The smallest absolute Gasteiger partial charge is 0.196 e. The van der Waals surface area contributed by atoms with Gasteiger partial charge in [-0.2, -0.15) is 0 Å². The molecule has 0 spiro atoms. The molecular weight excluding hydrogens is 474 g/mol. The molecule has 0 atom stereocenters. The minimum atomic E-state index is -1.32. The molecule has 0 unspecified atom stereocenters. The highest BCUT2D eigenvalue weighted by Crippen LogP contribution is 2.44. The molecule has 6 nitrogen and oxygen atoms in total. The number of benzene rings is 3. The number of carbonyl (C=O) groups is 2. The van der Waals surface area contributed by atoms with Gasteiger partial charge in [0, 0.05) is 62.6 Å². The number of fused-ring (bicyclic) bond motifs is 1. The summed E-state index contributed by atoms with van der Waals surface area (Å²) in [5, 5.41) is 0. The number of ketones is 2. The predicted molar refractivity (Wildman–Crippen MR) is 149 cm³/mol. The van der Waals surface area contributed by atoms with Crippen LogP contribution in [0, 0.1) is 0 Å². The van der Waals surface area contributed by atoms with Gasteiger partial charge in [0.15, 0.2) is 17.1 Å². The number of carbonyl (C=O) groups excluding carboxylic acids is 2. The van der Waals surface area contributed by atoms with Gasteiger partial charge >= 0.3 is 0 Å². The van der Waals surface area contributed by atoms with Crippen molar-refractivity contribution in [3.63, 3.8) is 0 Å². The molecule has 3 aliphatic rings. The summed E-state index contributed by atoms with van der Waals surface area (Å²) in [6.07, 6.45) is 1.01. The molecule has 0 radical (unpaired) electrons. The van der Waals surface area contributed by atoms with E-state index in [1.54, 1.807) is 12.1 Å². The number of anilines is 1. The second-order valence-corrected chi connectivity index (χ2v) is 10.4. The van der Waals surface area contributed by atoms with Crippen LogP contribution in [0.1, 0.15) is 44.3 Å². The maximum Gasteiger partial charge on any atom is 0.196 e. The minimum absolute atomic E-state index is 0.0954. The Kier molecular flexibility index (Phi) is 6.87. The van der Waals surface area contributed by atoms with Gasteiger partial charge in [0.25, 0.3) is 0 Å². The Bertz CT molecular complexity index is 1300. The number of Topliss-reactive ketones (excluding diaryl/α,β-unsaturated/α-hetero) is 2. The Morgan fingerprint density at radius 2 is 1.37 bits per heavy atom. The van der Waals surface area contributed by atoms with Crippen LogP contribution in [0.5, 0.6) is 0 Å². The quantitative estimate of drug-likeness (QED) is 0.465. The normalized spacial score (nSPS) is 20.1. The fourth-order valence-electron chi connectivity index (χ4n) is 6.39. The molecular formula is C32H35N3O3. The molecule has 0 aromatic heterocycles. The van der Waals surface area contributed by atoms with E-state index in [9.17, 15) is 9.59 Å².